The van der Waals surface area contributed by atoms with Gasteiger partial charge < -0.3 is 20.1 Å². The van der Waals surface area contributed by atoms with Crippen molar-refractivity contribution in [1.82, 2.24) is 10.6 Å². The highest BCUT2D eigenvalue weighted by Crippen LogP contribution is 2.19. The Labute approximate surface area is 164 Å². The van der Waals surface area contributed by atoms with Crippen molar-refractivity contribution in [2.24, 2.45) is 0 Å². The van der Waals surface area contributed by atoms with Gasteiger partial charge in [0, 0.05) is 0 Å². The zero-order valence-corrected chi connectivity index (χ0v) is 16.0. The molecular formula is C22H24N2O4. The number of benzene rings is 2. The lowest BCUT2D eigenvalue weighted by Gasteiger charge is -2.11. The van der Waals surface area contributed by atoms with Crippen LogP contribution in [0.5, 0.6) is 11.5 Å². The Bertz CT molecular complexity index is 753. The van der Waals surface area contributed by atoms with Crippen molar-refractivity contribution in [3.63, 3.8) is 0 Å². The van der Waals surface area contributed by atoms with E-state index in [0.717, 1.165) is 22.6 Å². The van der Waals surface area contributed by atoms with E-state index in [1.807, 2.05) is 62.4 Å². The number of carbonyl (C=O) groups is 2. The fourth-order valence-corrected chi connectivity index (χ4v) is 2.51. The van der Waals surface area contributed by atoms with Crippen LogP contribution in [0.1, 0.15) is 25.0 Å². The lowest BCUT2D eigenvalue weighted by Crippen LogP contribution is -2.21. The first-order chi connectivity index (χ1) is 13.7. The molecule has 0 saturated carbocycles. The van der Waals surface area contributed by atoms with E-state index < -0.39 is 0 Å². The Morgan fingerprint density at radius 2 is 1.07 bits per heavy atom. The maximum atomic E-state index is 11.1. The summed E-state index contributed by atoms with van der Waals surface area (Å²) in [5.74, 6) is 1.53. The average Bonchev–Trinajstić information content (AvgIpc) is 2.70. The Hall–Kier alpha value is -3.54. The van der Waals surface area contributed by atoms with Gasteiger partial charge in [-0.1, -0.05) is 24.3 Å². The summed E-state index contributed by atoms with van der Waals surface area (Å²) in [6, 6.07) is 14.8. The molecule has 0 atom stereocenters. The van der Waals surface area contributed by atoms with Gasteiger partial charge in [-0.2, -0.15) is 0 Å². The first-order valence-electron chi connectivity index (χ1n) is 9.00. The van der Waals surface area contributed by atoms with E-state index in [-0.39, 0.29) is 0 Å². The highest BCUT2D eigenvalue weighted by molar-refractivity contribution is 5.72. The van der Waals surface area contributed by atoms with Crippen molar-refractivity contribution >= 4 is 25.0 Å². The molecule has 0 saturated heterocycles. The molecule has 0 aliphatic carbocycles. The third kappa shape index (κ3) is 6.32. The van der Waals surface area contributed by atoms with Gasteiger partial charge in [0.05, 0.1) is 24.6 Å². The van der Waals surface area contributed by atoms with Gasteiger partial charge in [-0.05, 0) is 61.4 Å². The van der Waals surface area contributed by atoms with E-state index in [0.29, 0.717) is 37.4 Å². The SMILES string of the molecule is CCOc1ccc(C=C(NC=O)/C(=C\c2ccc(OCC)cc2)NC=O)cc1. The highest BCUT2D eigenvalue weighted by atomic mass is 16.5. The average molecular weight is 380 g/mol. The summed E-state index contributed by atoms with van der Waals surface area (Å²) in [4.78, 5) is 22.2. The molecule has 0 spiro atoms. The molecule has 0 bridgehead atoms. The van der Waals surface area contributed by atoms with Crippen molar-refractivity contribution in [1.29, 1.82) is 0 Å². The second-order valence-corrected chi connectivity index (χ2v) is 5.64. The fraction of sp³-hybridized carbons (Fsp3) is 0.182. The van der Waals surface area contributed by atoms with E-state index in [2.05, 4.69) is 10.6 Å². The van der Waals surface area contributed by atoms with Crippen LogP contribution in [-0.4, -0.2) is 26.0 Å². The molecule has 2 amide bonds. The standard InChI is InChI=1S/C22H24N2O4/c1-3-27-19-9-5-17(6-10-19)13-21(23-15-25)22(24-16-26)14-18-7-11-20(12-8-18)28-4-2/h5-16H,3-4H2,1-2H3,(H,23,25)(H,24,26)/b21-13+,22-14?. The van der Waals surface area contributed by atoms with Crippen molar-refractivity contribution in [3.05, 3.63) is 71.1 Å². The second kappa shape index (κ2) is 11.2. The van der Waals surface area contributed by atoms with Crippen molar-refractivity contribution in [2.45, 2.75) is 13.8 Å². The molecule has 0 aromatic heterocycles. The highest BCUT2D eigenvalue weighted by Gasteiger charge is 2.06. The lowest BCUT2D eigenvalue weighted by molar-refractivity contribution is -0.110. The summed E-state index contributed by atoms with van der Waals surface area (Å²) in [7, 11) is 0. The largest absolute Gasteiger partial charge is 0.494 e. The van der Waals surface area contributed by atoms with E-state index in [9.17, 15) is 9.59 Å². The van der Waals surface area contributed by atoms with Crippen LogP contribution in [0.3, 0.4) is 0 Å². The van der Waals surface area contributed by atoms with Crippen LogP contribution in [0.4, 0.5) is 0 Å². The molecule has 6 nitrogen and oxygen atoms in total. The van der Waals surface area contributed by atoms with Crippen LogP contribution in [0.2, 0.25) is 0 Å². The van der Waals surface area contributed by atoms with Crippen molar-refractivity contribution in [3.8, 4) is 11.5 Å². The number of hydrogen-bond acceptors (Lipinski definition) is 4. The van der Waals surface area contributed by atoms with E-state index >= 15 is 0 Å². The first-order valence-corrected chi connectivity index (χ1v) is 9.00. The van der Waals surface area contributed by atoms with Crippen molar-refractivity contribution < 1.29 is 19.1 Å². The van der Waals surface area contributed by atoms with Gasteiger partial charge in [0.25, 0.3) is 0 Å². The van der Waals surface area contributed by atoms with Crippen LogP contribution in [-0.2, 0) is 9.59 Å². The van der Waals surface area contributed by atoms with Crippen molar-refractivity contribution in [2.75, 3.05) is 13.2 Å². The Kier molecular flexibility index (Phi) is 8.33. The predicted octanol–water partition coefficient (Wildman–Crippen LogP) is 3.36. The molecule has 2 aromatic rings. The zero-order valence-electron chi connectivity index (χ0n) is 16.0. The summed E-state index contributed by atoms with van der Waals surface area (Å²) in [5, 5.41) is 5.29. The van der Waals surface area contributed by atoms with Gasteiger partial charge in [0.2, 0.25) is 12.8 Å². The summed E-state index contributed by atoms with van der Waals surface area (Å²) < 4.78 is 10.9. The molecule has 2 aromatic carbocycles. The number of hydrogen-bond donors (Lipinski definition) is 2. The summed E-state index contributed by atoms with van der Waals surface area (Å²) in [5.41, 5.74) is 2.61. The number of nitrogens with one attached hydrogen (secondary N) is 2. The van der Waals surface area contributed by atoms with Gasteiger partial charge in [-0.25, -0.2) is 0 Å². The fourth-order valence-electron chi connectivity index (χ4n) is 2.51. The predicted molar refractivity (Wildman–Crippen MR) is 110 cm³/mol. The third-order valence-electron chi connectivity index (χ3n) is 3.72. The number of ether oxygens (including phenoxy) is 2. The van der Waals surface area contributed by atoms with Gasteiger partial charge >= 0.3 is 0 Å². The molecule has 0 heterocycles. The molecular weight excluding hydrogens is 356 g/mol. The van der Waals surface area contributed by atoms with E-state index in [4.69, 9.17) is 9.47 Å². The second-order valence-electron chi connectivity index (χ2n) is 5.64. The van der Waals surface area contributed by atoms with Crippen LogP contribution < -0.4 is 20.1 Å². The number of carbonyl (C=O) groups excluding carboxylic acids is 2. The van der Waals surface area contributed by atoms with Gasteiger partial charge in [0.1, 0.15) is 11.5 Å². The quantitative estimate of drug-likeness (QED) is 0.463. The minimum Gasteiger partial charge on any atom is -0.494 e. The summed E-state index contributed by atoms with van der Waals surface area (Å²) in [6.45, 7) is 5.02. The lowest BCUT2D eigenvalue weighted by atomic mass is 10.1. The molecule has 28 heavy (non-hydrogen) atoms. The van der Waals surface area contributed by atoms with Crippen LogP contribution >= 0.6 is 0 Å². The third-order valence-corrected chi connectivity index (χ3v) is 3.72. The molecule has 6 heteroatoms. The molecule has 0 unspecified atom stereocenters. The maximum absolute atomic E-state index is 11.1. The van der Waals surface area contributed by atoms with Gasteiger partial charge in [-0.15, -0.1) is 0 Å². The molecule has 0 aliphatic rings. The molecule has 0 radical (unpaired) electrons. The molecule has 2 rings (SSSR count). The minimum absolute atomic E-state index is 0.458. The minimum atomic E-state index is 0.458. The van der Waals surface area contributed by atoms with Gasteiger partial charge in [-0.3, -0.25) is 9.59 Å². The van der Waals surface area contributed by atoms with Crippen LogP contribution in [0, 0.1) is 0 Å². The molecule has 146 valence electrons. The summed E-state index contributed by atoms with van der Waals surface area (Å²) >= 11 is 0. The number of amides is 2. The Morgan fingerprint density at radius 3 is 1.36 bits per heavy atom. The first kappa shape index (κ1) is 20.8. The zero-order chi connectivity index (χ0) is 20.2. The maximum Gasteiger partial charge on any atom is 0.211 e. The molecule has 2 N–H and O–H groups in total. The van der Waals surface area contributed by atoms with Gasteiger partial charge in [0.15, 0.2) is 0 Å². The normalized spacial score (nSPS) is 11.5. The number of rotatable bonds is 11. The smallest absolute Gasteiger partial charge is 0.211 e. The molecule has 0 aliphatic heterocycles. The summed E-state index contributed by atoms with van der Waals surface area (Å²) in [6.07, 6.45) is 4.67. The Balaban J connectivity index is 2.34. The molecule has 0 fully saturated rings. The topological polar surface area (TPSA) is 76.7 Å². The van der Waals surface area contributed by atoms with E-state index in [1.165, 1.54) is 0 Å². The van der Waals surface area contributed by atoms with E-state index in [1.54, 1.807) is 12.2 Å². The Morgan fingerprint density at radius 1 is 0.714 bits per heavy atom. The monoisotopic (exact) mass is 380 g/mol. The van der Waals surface area contributed by atoms with Crippen LogP contribution in [0.25, 0.3) is 12.2 Å². The van der Waals surface area contributed by atoms with Crippen LogP contribution in [0.15, 0.2) is 59.9 Å².